The number of alkyl halides is 2. The van der Waals surface area contributed by atoms with Gasteiger partial charge in [-0.1, -0.05) is 12.1 Å². The molecular formula is C12H11F3N4O. The highest BCUT2D eigenvalue weighted by molar-refractivity contribution is 5.64. The number of halogens is 3. The van der Waals surface area contributed by atoms with Gasteiger partial charge in [0, 0.05) is 7.05 Å². The smallest absolute Gasteiger partial charge is 0.387 e. The second-order valence-electron chi connectivity index (χ2n) is 3.64. The molecule has 2 N–H and O–H groups in total. The fourth-order valence-electron chi connectivity index (χ4n) is 1.47. The van der Waals surface area contributed by atoms with E-state index in [1.807, 2.05) is 0 Å². The van der Waals surface area contributed by atoms with E-state index in [9.17, 15) is 13.2 Å². The lowest BCUT2D eigenvalue weighted by Crippen LogP contribution is -2.06. The highest BCUT2D eigenvalue weighted by Crippen LogP contribution is 2.29. The summed E-state index contributed by atoms with van der Waals surface area (Å²) >= 11 is 0. The predicted octanol–water partition coefficient (Wildman–Crippen LogP) is 3.00. The molecule has 1 aromatic heterocycles. The molecule has 0 amide bonds. The third-order valence-corrected chi connectivity index (χ3v) is 2.32. The molecule has 0 atom stereocenters. The molecule has 2 aromatic rings. The Morgan fingerprint density at radius 3 is 2.70 bits per heavy atom. The van der Waals surface area contributed by atoms with Crippen LogP contribution in [0.5, 0.6) is 5.75 Å². The molecule has 0 fully saturated rings. The zero-order valence-corrected chi connectivity index (χ0v) is 10.4. The molecular weight excluding hydrogens is 273 g/mol. The minimum absolute atomic E-state index is 0.105. The maximum absolute atomic E-state index is 13.6. The number of hydrogen-bond donors (Lipinski definition) is 2. The average Bonchev–Trinajstić information content (AvgIpc) is 2.43. The molecule has 2 rings (SSSR count). The van der Waals surface area contributed by atoms with Gasteiger partial charge in [0.15, 0.2) is 11.6 Å². The second-order valence-corrected chi connectivity index (χ2v) is 3.64. The van der Waals surface area contributed by atoms with E-state index in [1.165, 1.54) is 18.2 Å². The van der Waals surface area contributed by atoms with Gasteiger partial charge in [-0.05, 0) is 12.1 Å². The number of benzene rings is 1. The summed E-state index contributed by atoms with van der Waals surface area (Å²) in [6, 6.07) is 5.93. The third kappa shape index (κ3) is 3.28. The van der Waals surface area contributed by atoms with E-state index < -0.39 is 12.4 Å². The Kier molecular flexibility index (Phi) is 4.24. The molecule has 5 nitrogen and oxygen atoms in total. The lowest BCUT2D eigenvalue weighted by molar-refractivity contribution is -0.0493. The summed E-state index contributed by atoms with van der Waals surface area (Å²) in [5.41, 5.74) is 0.174. The summed E-state index contributed by atoms with van der Waals surface area (Å²) in [6.07, 6.45) is 0.970. The lowest BCUT2D eigenvalue weighted by Gasteiger charge is -2.12. The van der Waals surface area contributed by atoms with Crippen LogP contribution in [-0.4, -0.2) is 23.6 Å². The molecule has 1 heterocycles. The van der Waals surface area contributed by atoms with Crippen molar-refractivity contribution < 1.29 is 17.9 Å². The van der Waals surface area contributed by atoms with Crippen LogP contribution in [0.4, 0.5) is 30.6 Å². The van der Waals surface area contributed by atoms with Crippen molar-refractivity contribution in [2.45, 2.75) is 6.61 Å². The van der Waals surface area contributed by atoms with Gasteiger partial charge in [0.2, 0.25) is 5.95 Å². The van der Waals surface area contributed by atoms with E-state index in [2.05, 4.69) is 25.3 Å². The molecule has 0 aliphatic carbocycles. The SMILES string of the molecule is CNc1ncc(F)c(Nc2ccccc2OC(F)F)n1. The molecule has 0 saturated carbocycles. The highest BCUT2D eigenvalue weighted by Gasteiger charge is 2.12. The Morgan fingerprint density at radius 2 is 2.00 bits per heavy atom. The molecule has 0 bridgehead atoms. The van der Waals surface area contributed by atoms with Crippen LogP contribution in [0.1, 0.15) is 0 Å². The van der Waals surface area contributed by atoms with Crippen LogP contribution in [0, 0.1) is 5.82 Å². The van der Waals surface area contributed by atoms with E-state index in [0.717, 1.165) is 6.20 Å². The van der Waals surface area contributed by atoms with Gasteiger partial charge >= 0.3 is 6.61 Å². The lowest BCUT2D eigenvalue weighted by atomic mass is 10.3. The molecule has 0 spiro atoms. The van der Waals surface area contributed by atoms with Gasteiger partial charge in [-0.15, -0.1) is 0 Å². The Morgan fingerprint density at radius 1 is 1.25 bits per heavy atom. The van der Waals surface area contributed by atoms with E-state index in [1.54, 1.807) is 13.1 Å². The Balaban J connectivity index is 2.30. The first-order valence-corrected chi connectivity index (χ1v) is 5.61. The quantitative estimate of drug-likeness (QED) is 0.884. The number of para-hydroxylation sites is 2. The van der Waals surface area contributed by atoms with E-state index in [4.69, 9.17) is 0 Å². The van der Waals surface area contributed by atoms with Gasteiger partial charge in [0.05, 0.1) is 11.9 Å². The molecule has 0 saturated heterocycles. The molecule has 0 unspecified atom stereocenters. The number of aromatic nitrogens is 2. The Bertz CT molecular complexity index is 595. The topological polar surface area (TPSA) is 59.1 Å². The molecule has 1 aromatic carbocycles. The summed E-state index contributed by atoms with van der Waals surface area (Å²) in [7, 11) is 1.57. The largest absolute Gasteiger partial charge is 0.433 e. The minimum Gasteiger partial charge on any atom is -0.433 e. The van der Waals surface area contributed by atoms with Crippen LogP contribution in [0.25, 0.3) is 0 Å². The van der Waals surface area contributed by atoms with Gasteiger partial charge in [-0.2, -0.15) is 13.8 Å². The molecule has 106 valence electrons. The number of anilines is 3. The van der Waals surface area contributed by atoms with Crippen LogP contribution in [0.2, 0.25) is 0 Å². The molecule has 8 heteroatoms. The fourth-order valence-corrected chi connectivity index (χ4v) is 1.47. The summed E-state index contributed by atoms with van der Waals surface area (Å²) in [5.74, 6) is -0.766. The fraction of sp³-hybridized carbons (Fsp3) is 0.167. The van der Waals surface area contributed by atoms with Crippen LogP contribution >= 0.6 is 0 Å². The minimum atomic E-state index is -2.97. The van der Waals surface area contributed by atoms with E-state index in [-0.39, 0.29) is 23.2 Å². The summed E-state index contributed by atoms with van der Waals surface area (Å²) in [4.78, 5) is 7.54. The Labute approximate surface area is 112 Å². The van der Waals surface area contributed by atoms with E-state index in [0.29, 0.717) is 0 Å². The maximum atomic E-state index is 13.6. The monoisotopic (exact) mass is 284 g/mol. The summed E-state index contributed by atoms with van der Waals surface area (Å²) < 4.78 is 42.5. The number of hydrogen-bond acceptors (Lipinski definition) is 5. The van der Waals surface area contributed by atoms with Gasteiger partial charge in [0.25, 0.3) is 0 Å². The first-order valence-electron chi connectivity index (χ1n) is 5.61. The van der Waals surface area contributed by atoms with Crippen molar-refractivity contribution in [2.24, 2.45) is 0 Å². The average molecular weight is 284 g/mol. The van der Waals surface area contributed by atoms with Crippen LogP contribution in [-0.2, 0) is 0 Å². The number of nitrogens with one attached hydrogen (secondary N) is 2. The normalized spacial score (nSPS) is 10.4. The molecule has 20 heavy (non-hydrogen) atoms. The van der Waals surface area contributed by atoms with Crippen molar-refractivity contribution in [3.8, 4) is 5.75 Å². The van der Waals surface area contributed by atoms with Crippen molar-refractivity contribution in [1.29, 1.82) is 0 Å². The van der Waals surface area contributed by atoms with Crippen molar-refractivity contribution in [3.63, 3.8) is 0 Å². The first-order chi connectivity index (χ1) is 9.60. The number of rotatable bonds is 5. The molecule has 0 aliphatic rings. The third-order valence-electron chi connectivity index (χ3n) is 2.32. The highest BCUT2D eigenvalue weighted by atomic mass is 19.3. The zero-order chi connectivity index (χ0) is 14.5. The van der Waals surface area contributed by atoms with Crippen LogP contribution in [0.15, 0.2) is 30.5 Å². The van der Waals surface area contributed by atoms with Crippen molar-refractivity contribution in [1.82, 2.24) is 9.97 Å². The molecule has 0 aliphatic heterocycles. The van der Waals surface area contributed by atoms with Crippen molar-refractivity contribution in [2.75, 3.05) is 17.7 Å². The molecule has 0 radical (unpaired) electrons. The standard InChI is InChI=1S/C12H11F3N4O/c1-16-12-17-6-7(13)10(19-12)18-8-4-2-3-5-9(8)20-11(14)15/h2-6,11H,1H3,(H2,16,17,18,19). The summed E-state index contributed by atoms with van der Waals surface area (Å²) in [6.45, 7) is -2.97. The Hall–Kier alpha value is -2.51. The first kappa shape index (κ1) is 13.9. The van der Waals surface area contributed by atoms with Gasteiger partial charge < -0.3 is 15.4 Å². The number of ether oxygens (including phenoxy) is 1. The predicted molar refractivity (Wildman–Crippen MR) is 67.9 cm³/mol. The van der Waals surface area contributed by atoms with Crippen molar-refractivity contribution >= 4 is 17.5 Å². The van der Waals surface area contributed by atoms with E-state index >= 15 is 0 Å². The van der Waals surface area contributed by atoms with Gasteiger partial charge in [0.1, 0.15) is 5.75 Å². The summed E-state index contributed by atoms with van der Waals surface area (Å²) in [5, 5.41) is 5.24. The maximum Gasteiger partial charge on any atom is 0.387 e. The van der Waals surface area contributed by atoms with Crippen molar-refractivity contribution in [3.05, 3.63) is 36.3 Å². The van der Waals surface area contributed by atoms with Crippen LogP contribution < -0.4 is 15.4 Å². The second kappa shape index (κ2) is 6.09. The zero-order valence-electron chi connectivity index (χ0n) is 10.4. The van der Waals surface area contributed by atoms with Gasteiger partial charge in [-0.3, -0.25) is 0 Å². The number of nitrogens with zero attached hydrogens (tertiary/aromatic N) is 2. The van der Waals surface area contributed by atoms with Gasteiger partial charge in [-0.25, -0.2) is 9.37 Å². The van der Waals surface area contributed by atoms with Crippen LogP contribution in [0.3, 0.4) is 0 Å².